The fourth-order valence-corrected chi connectivity index (χ4v) is 5.31. The van der Waals surface area contributed by atoms with E-state index in [9.17, 15) is 9.36 Å². The number of aromatic nitrogens is 1. The first-order valence-electron chi connectivity index (χ1n) is 10.3. The van der Waals surface area contributed by atoms with Gasteiger partial charge in [-0.1, -0.05) is 54.6 Å². The van der Waals surface area contributed by atoms with Gasteiger partial charge >= 0.3 is 5.97 Å². The van der Waals surface area contributed by atoms with E-state index in [1.54, 1.807) is 6.92 Å². The highest BCUT2D eigenvalue weighted by Crippen LogP contribution is 2.41. The van der Waals surface area contributed by atoms with Gasteiger partial charge in [-0.15, -0.1) is 11.8 Å². The van der Waals surface area contributed by atoms with Crippen LogP contribution in [0.5, 0.6) is 0 Å². The molecule has 31 heavy (non-hydrogen) atoms. The highest BCUT2D eigenvalue weighted by Gasteiger charge is 2.46. The first-order valence-corrected chi connectivity index (χ1v) is 12.1. The summed E-state index contributed by atoms with van der Waals surface area (Å²) in [5.41, 5.74) is 1.85. The van der Waals surface area contributed by atoms with Crippen LogP contribution in [-0.4, -0.2) is 35.3 Å². The maximum atomic E-state index is 12.9. The number of hydrogen-bond acceptors (Lipinski definition) is 6. The molecule has 0 spiro atoms. The Labute approximate surface area is 188 Å². The van der Waals surface area contributed by atoms with Crippen molar-refractivity contribution in [2.45, 2.75) is 30.6 Å². The Bertz CT molecular complexity index is 1020. The average Bonchev–Trinajstić information content (AvgIpc) is 2.81. The fraction of sp³-hybridized carbons (Fsp3) is 0.333. The molecule has 3 aromatic rings. The van der Waals surface area contributed by atoms with Gasteiger partial charge in [0, 0.05) is 17.7 Å². The van der Waals surface area contributed by atoms with Crippen LogP contribution in [0, 0.1) is 5.92 Å². The van der Waals surface area contributed by atoms with Crippen molar-refractivity contribution in [2.75, 3.05) is 19.0 Å². The van der Waals surface area contributed by atoms with E-state index in [4.69, 9.17) is 9.47 Å². The Kier molecular flexibility index (Phi) is 8.59. The molecule has 0 N–H and O–H groups in total. The third-order valence-electron chi connectivity index (χ3n) is 4.95. The molecule has 0 aliphatic heterocycles. The maximum Gasteiger partial charge on any atom is 0.313 e. The highest BCUT2D eigenvalue weighted by atomic mass is 32.2. The number of para-hydroxylation sites is 1. The number of hydrogen-bond donors (Lipinski definition) is 0. The van der Waals surface area contributed by atoms with Crippen molar-refractivity contribution in [2.24, 2.45) is 5.92 Å². The van der Waals surface area contributed by atoms with Crippen LogP contribution >= 0.6 is 20.2 Å². The lowest BCUT2D eigenvalue weighted by molar-refractivity contribution is -0.155. The van der Waals surface area contributed by atoms with Gasteiger partial charge in [0.15, 0.2) is 13.8 Å². The first-order chi connectivity index (χ1) is 15.1. The summed E-state index contributed by atoms with van der Waals surface area (Å²) in [7, 11) is -0.254. The number of fused-ring (bicyclic) bond motifs is 1. The molecule has 0 aliphatic rings. The summed E-state index contributed by atoms with van der Waals surface area (Å²) < 4.78 is 23.9. The van der Waals surface area contributed by atoms with E-state index in [-0.39, 0.29) is 15.1 Å². The molecule has 162 valence electrons. The number of nitrogens with zero attached hydrogens (tertiary/aromatic N) is 1. The van der Waals surface area contributed by atoms with Crippen LogP contribution in [0.1, 0.15) is 19.4 Å². The predicted octanol–water partition coefficient (Wildman–Crippen LogP) is 5.77. The van der Waals surface area contributed by atoms with E-state index in [2.05, 4.69) is 4.98 Å². The smallest absolute Gasteiger partial charge is 0.313 e. The van der Waals surface area contributed by atoms with E-state index in [1.807, 2.05) is 73.7 Å². The van der Waals surface area contributed by atoms with Crippen LogP contribution in [0.3, 0.4) is 0 Å². The summed E-state index contributed by atoms with van der Waals surface area (Å²) in [5.74, 6) is -0.828. The number of thioether (sulfide) groups is 1. The van der Waals surface area contributed by atoms with Crippen LogP contribution in [-0.2, 0) is 25.3 Å². The maximum absolute atomic E-state index is 12.9. The summed E-state index contributed by atoms with van der Waals surface area (Å²) in [4.78, 5) is 17.6. The van der Waals surface area contributed by atoms with E-state index >= 15 is 0 Å². The second-order valence-electron chi connectivity index (χ2n) is 6.99. The number of carbonyl (C=O) groups excluding carboxylic acids is 1. The van der Waals surface area contributed by atoms with Crippen LogP contribution in [0.15, 0.2) is 71.8 Å². The summed E-state index contributed by atoms with van der Waals surface area (Å²) in [6.07, 6.45) is 0.376. The van der Waals surface area contributed by atoms with Crippen molar-refractivity contribution >= 4 is 37.1 Å². The molecule has 0 fully saturated rings. The van der Waals surface area contributed by atoms with E-state index in [0.717, 1.165) is 21.5 Å². The minimum absolute atomic E-state index is 0.251. The standard InChI is InChI=1S/C24H26NO4PS/c1-3-28-23(26)20(16-18-10-6-5-7-11-18)24(30-27,29-4-2)17-31-22-15-14-19-12-8-9-13-21(19)25-22/h5-15,20H,3-4,16-17H2,1-2H3. The number of pyridine rings is 1. The van der Waals surface area contributed by atoms with Crippen molar-refractivity contribution in [3.05, 3.63) is 72.3 Å². The van der Waals surface area contributed by atoms with Gasteiger partial charge in [0.05, 0.1) is 17.1 Å². The monoisotopic (exact) mass is 455 g/mol. The average molecular weight is 456 g/mol. The topological polar surface area (TPSA) is 65.5 Å². The molecular weight excluding hydrogens is 429 g/mol. The van der Waals surface area contributed by atoms with Crippen LogP contribution in [0.4, 0.5) is 0 Å². The number of benzene rings is 2. The summed E-state index contributed by atoms with van der Waals surface area (Å²) in [5, 5.41) is 0.613. The zero-order valence-electron chi connectivity index (χ0n) is 17.7. The second kappa shape index (κ2) is 11.4. The van der Waals surface area contributed by atoms with Gasteiger partial charge in [0.1, 0.15) is 5.92 Å². The Hall–Kier alpha value is -2.27. The Morgan fingerprint density at radius 1 is 1.03 bits per heavy atom. The van der Waals surface area contributed by atoms with E-state index < -0.39 is 17.2 Å². The molecular formula is C24H26NO4PS. The van der Waals surface area contributed by atoms with Crippen molar-refractivity contribution < 1.29 is 18.8 Å². The minimum Gasteiger partial charge on any atom is -0.466 e. The molecule has 0 aliphatic carbocycles. The number of rotatable bonds is 11. The van der Waals surface area contributed by atoms with Gasteiger partial charge in [-0.2, -0.15) is 0 Å². The zero-order chi connectivity index (χ0) is 22.1. The van der Waals surface area contributed by atoms with Gasteiger partial charge in [-0.05, 0) is 38.0 Å². The summed E-state index contributed by atoms with van der Waals surface area (Å²) in [6.45, 7) is 4.18. The molecule has 1 aromatic heterocycles. The lowest BCUT2D eigenvalue weighted by Gasteiger charge is -2.33. The highest BCUT2D eigenvalue weighted by molar-refractivity contribution is 7.99. The Morgan fingerprint density at radius 2 is 1.77 bits per heavy atom. The number of ether oxygens (including phenoxy) is 2. The molecule has 0 radical (unpaired) electrons. The van der Waals surface area contributed by atoms with Crippen molar-refractivity contribution in [3.8, 4) is 0 Å². The molecule has 5 nitrogen and oxygen atoms in total. The number of carbonyl (C=O) groups is 1. The van der Waals surface area contributed by atoms with Gasteiger partial charge in [-0.3, -0.25) is 9.36 Å². The number of esters is 1. The second-order valence-corrected chi connectivity index (χ2v) is 8.93. The lowest BCUT2D eigenvalue weighted by Crippen LogP contribution is -2.44. The quantitative estimate of drug-likeness (QED) is 0.208. The van der Waals surface area contributed by atoms with Crippen molar-refractivity contribution in [3.63, 3.8) is 0 Å². The van der Waals surface area contributed by atoms with Crippen molar-refractivity contribution in [1.82, 2.24) is 4.98 Å². The molecule has 1 heterocycles. The third kappa shape index (κ3) is 5.91. The van der Waals surface area contributed by atoms with Crippen LogP contribution in [0.2, 0.25) is 0 Å². The molecule has 0 saturated heterocycles. The van der Waals surface area contributed by atoms with Gasteiger partial charge in [-0.25, -0.2) is 4.98 Å². The largest absolute Gasteiger partial charge is 0.466 e. The zero-order valence-corrected chi connectivity index (χ0v) is 19.4. The van der Waals surface area contributed by atoms with Gasteiger partial charge in [0.2, 0.25) is 0 Å². The third-order valence-corrected chi connectivity index (χ3v) is 7.17. The van der Waals surface area contributed by atoms with Gasteiger partial charge in [0.25, 0.3) is 0 Å². The lowest BCUT2D eigenvalue weighted by atomic mass is 9.94. The molecule has 2 aromatic carbocycles. The van der Waals surface area contributed by atoms with E-state index in [1.165, 1.54) is 11.8 Å². The first kappa shape index (κ1) is 23.4. The SMILES string of the molecule is CCOC(=O)C(Cc1ccccc1)C(CSc1ccc2ccccc2n1)(OCC)P=O. The minimum atomic E-state index is -1.23. The van der Waals surface area contributed by atoms with Gasteiger partial charge < -0.3 is 9.47 Å². The predicted molar refractivity (Wildman–Crippen MR) is 125 cm³/mol. The van der Waals surface area contributed by atoms with E-state index in [0.29, 0.717) is 18.8 Å². The van der Waals surface area contributed by atoms with Crippen molar-refractivity contribution in [1.29, 1.82) is 0 Å². The Morgan fingerprint density at radius 3 is 2.48 bits per heavy atom. The Balaban J connectivity index is 1.90. The molecule has 0 bridgehead atoms. The molecule has 7 heteroatoms. The summed E-state index contributed by atoms with van der Waals surface area (Å²) >= 11 is 1.43. The molecule has 0 amide bonds. The summed E-state index contributed by atoms with van der Waals surface area (Å²) in [6, 6.07) is 21.5. The molecule has 0 saturated carbocycles. The van der Waals surface area contributed by atoms with Crippen LogP contribution in [0.25, 0.3) is 10.9 Å². The fourth-order valence-electron chi connectivity index (χ4n) is 3.43. The molecule has 2 atom stereocenters. The normalized spacial score (nSPS) is 14.3. The van der Waals surface area contributed by atoms with Crippen LogP contribution < -0.4 is 0 Å². The molecule has 2 unspecified atom stereocenters. The molecule has 3 rings (SSSR count).